The monoisotopic (exact) mass is 445 g/mol. The summed E-state index contributed by atoms with van der Waals surface area (Å²) in [7, 11) is 0. The Morgan fingerprint density at radius 1 is 1.34 bits per heavy atom. The summed E-state index contributed by atoms with van der Waals surface area (Å²) in [5.41, 5.74) is 6.72. The molecule has 9 nitrogen and oxygen atoms in total. The number of nitrogens with zero attached hydrogens (tertiary/aromatic N) is 3. The Morgan fingerprint density at radius 3 is 2.53 bits per heavy atom. The minimum absolute atomic E-state index is 0.250. The number of hydrogen-bond acceptors (Lipinski definition) is 6. The number of aldehydes is 1. The maximum atomic E-state index is 11.6. The number of anilines is 1. The molecule has 1 amide bonds. The third-order valence-corrected chi connectivity index (χ3v) is 3.92. The fourth-order valence-electron chi connectivity index (χ4n) is 2.33. The molecule has 1 heterocycles. The highest BCUT2D eigenvalue weighted by molar-refractivity contribution is 5.96. The first-order valence-corrected chi connectivity index (χ1v) is 10.4. The summed E-state index contributed by atoms with van der Waals surface area (Å²) in [6.45, 7) is 17.3. The second kappa shape index (κ2) is 15.4. The Hall–Kier alpha value is -3.46. The fraction of sp³-hybridized carbons (Fsp3) is 0.391. The minimum Gasteiger partial charge on any atom is -0.450 e. The van der Waals surface area contributed by atoms with Gasteiger partial charge in [0.25, 0.3) is 0 Å². The van der Waals surface area contributed by atoms with E-state index in [1.807, 2.05) is 26.8 Å². The molecule has 1 aliphatic rings. The molecule has 1 aromatic carbocycles. The van der Waals surface area contributed by atoms with Gasteiger partial charge in [0.1, 0.15) is 6.29 Å². The lowest BCUT2D eigenvalue weighted by atomic mass is 10.2. The van der Waals surface area contributed by atoms with Crippen molar-refractivity contribution in [1.29, 1.82) is 0 Å². The van der Waals surface area contributed by atoms with Crippen molar-refractivity contribution < 1.29 is 19.4 Å². The molecular formula is C23H35N5O4. The van der Waals surface area contributed by atoms with Crippen molar-refractivity contribution in [2.75, 3.05) is 18.5 Å². The van der Waals surface area contributed by atoms with Crippen LogP contribution >= 0.6 is 0 Å². The van der Waals surface area contributed by atoms with Crippen LogP contribution in [-0.2, 0) is 9.53 Å². The molecule has 0 atom stereocenters. The van der Waals surface area contributed by atoms with Gasteiger partial charge in [-0.2, -0.15) is 5.10 Å². The Kier molecular flexibility index (Phi) is 13.7. The van der Waals surface area contributed by atoms with Crippen molar-refractivity contribution in [3.8, 4) is 0 Å². The number of benzene rings is 1. The number of hydrazone groups is 1. The zero-order valence-corrected chi connectivity index (χ0v) is 20.0. The zero-order valence-electron chi connectivity index (χ0n) is 20.0. The van der Waals surface area contributed by atoms with Gasteiger partial charge in [0, 0.05) is 23.6 Å². The molecule has 2 rings (SSSR count). The first kappa shape index (κ1) is 28.5. The summed E-state index contributed by atoms with van der Waals surface area (Å²) in [5, 5.41) is 14.3. The molecule has 0 spiro atoms. The summed E-state index contributed by atoms with van der Waals surface area (Å²) in [4.78, 5) is 29.1. The van der Waals surface area contributed by atoms with E-state index in [0.717, 1.165) is 11.8 Å². The SMILES string of the molecule is C=C1C=NNC(=Nc2cc(NC(=O)OCC)ccc2C)N1/C(C)=C(\C)C=O.CC.CCO. The lowest BCUT2D eigenvalue weighted by molar-refractivity contribution is -0.105. The third kappa shape index (κ3) is 8.73. The first-order chi connectivity index (χ1) is 15.3. The van der Waals surface area contributed by atoms with E-state index in [2.05, 4.69) is 27.4 Å². The van der Waals surface area contributed by atoms with Crippen LogP contribution in [0, 0.1) is 6.92 Å². The number of allylic oxidation sites excluding steroid dienone is 3. The van der Waals surface area contributed by atoms with Gasteiger partial charge in [-0.1, -0.05) is 26.5 Å². The number of ether oxygens (including phenoxy) is 1. The van der Waals surface area contributed by atoms with Crippen molar-refractivity contribution in [3.63, 3.8) is 0 Å². The molecule has 0 unspecified atom stereocenters. The van der Waals surface area contributed by atoms with E-state index < -0.39 is 6.09 Å². The van der Waals surface area contributed by atoms with Crippen LogP contribution in [0.2, 0.25) is 0 Å². The molecule has 176 valence electrons. The average Bonchev–Trinajstić information content (AvgIpc) is 2.77. The number of hydrogen-bond donors (Lipinski definition) is 3. The number of rotatable bonds is 5. The van der Waals surface area contributed by atoms with Gasteiger partial charge in [-0.05, 0) is 52.3 Å². The van der Waals surface area contributed by atoms with E-state index in [9.17, 15) is 9.59 Å². The summed E-state index contributed by atoms with van der Waals surface area (Å²) in [6.07, 6.45) is 1.79. The van der Waals surface area contributed by atoms with Crippen LogP contribution in [0.25, 0.3) is 0 Å². The van der Waals surface area contributed by atoms with Crippen LogP contribution in [0.3, 0.4) is 0 Å². The lowest BCUT2D eigenvalue weighted by Crippen LogP contribution is -2.41. The Balaban J connectivity index is 0.00000177. The average molecular weight is 446 g/mol. The molecule has 0 saturated heterocycles. The molecule has 0 radical (unpaired) electrons. The van der Waals surface area contributed by atoms with Gasteiger partial charge >= 0.3 is 6.09 Å². The standard InChI is InChI=1S/C19H23N5O3.C2H6O.C2H6/c1-6-27-19(26)21-16-8-7-12(2)17(9-16)22-18-23-20-10-14(4)24(18)15(5)13(3)11-25;1-2-3;1-2/h7-11H,4,6H2,1-3,5H3,(H,21,26)(H,22,23);3H,2H2,1H3;1-2H3/b15-13+;;. The Bertz CT molecular complexity index is 875. The van der Waals surface area contributed by atoms with E-state index in [4.69, 9.17) is 9.84 Å². The van der Waals surface area contributed by atoms with Crippen LogP contribution in [0.15, 0.2) is 51.8 Å². The van der Waals surface area contributed by atoms with Crippen LogP contribution in [-0.4, -0.2) is 47.8 Å². The van der Waals surface area contributed by atoms with Crippen LogP contribution < -0.4 is 10.7 Å². The molecule has 9 heteroatoms. The van der Waals surface area contributed by atoms with E-state index in [-0.39, 0.29) is 13.2 Å². The molecule has 0 aromatic heterocycles. The highest BCUT2D eigenvalue weighted by atomic mass is 16.5. The van der Waals surface area contributed by atoms with E-state index in [1.165, 1.54) is 0 Å². The Labute approximate surface area is 190 Å². The van der Waals surface area contributed by atoms with Crippen LogP contribution in [0.4, 0.5) is 16.2 Å². The largest absolute Gasteiger partial charge is 0.450 e. The predicted octanol–water partition coefficient (Wildman–Crippen LogP) is 4.47. The number of aliphatic imine (C=N–C) groups is 1. The number of nitrogens with one attached hydrogen (secondary N) is 2. The molecule has 0 bridgehead atoms. The lowest BCUT2D eigenvalue weighted by Gasteiger charge is -2.29. The smallest absolute Gasteiger partial charge is 0.411 e. The maximum Gasteiger partial charge on any atom is 0.411 e. The summed E-state index contributed by atoms with van der Waals surface area (Å²) in [5.74, 6) is 0.401. The highest BCUT2D eigenvalue weighted by Crippen LogP contribution is 2.25. The van der Waals surface area contributed by atoms with Crippen molar-refractivity contribution in [3.05, 3.63) is 47.3 Å². The molecule has 0 fully saturated rings. The second-order valence-corrected chi connectivity index (χ2v) is 6.18. The number of aliphatic hydroxyl groups is 1. The number of carbonyl (C=O) groups is 2. The van der Waals surface area contributed by atoms with E-state index in [0.29, 0.717) is 34.3 Å². The molecule has 0 aliphatic carbocycles. The quantitative estimate of drug-likeness (QED) is 0.455. The molecule has 1 aliphatic heterocycles. The number of amides is 1. The van der Waals surface area contributed by atoms with Crippen LogP contribution in [0.1, 0.15) is 47.1 Å². The Morgan fingerprint density at radius 2 is 1.97 bits per heavy atom. The normalized spacial score (nSPS) is 14.2. The van der Waals surface area contributed by atoms with Crippen molar-refractivity contribution in [2.45, 2.75) is 48.5 Å². The molecular weight excluding hydrogens is 410 g/mol. The van der Waals surface area contributed by atoms with Gasteiger partial charge in [0.2, 0.25) is 5.96 Å². The molecule has 1 aromatic rings. The molecule has 3 N–H and O–H groups in total. The van der Waals surface area contributed by atoms with Crippen molar-refractivity contribution >= 4 is 35.9 Å². The van der Waals surface area contributed by atoms with Gasteiger partial charge in [-0.3, -0.25) is 15.0 Å². The highest BCUT2D eigenvalue weighted by Gasteiger charge is 2.21. The first-order valence-electron chi connectivity index (χ1n) is 10.4. The van der Waals surface area contributed by atoms with E-state index >= 15 is 0 Å². The number of aryl methyl sites for hydroxylation is 1. The van der Waals surface area contributed by atoms with E-state index in [1.54, 1.807) is 50.9 Å². The van der Waals surface area contributed by atoms with Crippen molar-refractivity contribution in [1.82, 2.24) is 10.3 Å². The van der Waals surface area contributed by atoms with Gasteiger partial charge < -0.3 is 9.84 Å². The van der Waals surface area contributed by atoms with Crippen molar-refractivity contribution in [2.24, 2.45) is 10.1 Å². The number of carbonyl (C=O) groups excluding carboxylic acids is 2. The molecule has 0 saturated carbocycles. The van der Waals surface area contributed by atoms with Gasteiger partial charge in [-0.25, -0.2) is 15.2 Å². The summed E-state index contributed by atoms with van der Waals surface area (Å²) in [6, 6.07) is 5.33. The predicted molar refractivity (Wildman–Crippen MR) is 130 cm³/mol. The van der Waals surface area contributed by atoms with Gasteiger partial charge in [0.05, 0.1) is 24.2 Å². The summed E-state index contributed by atoms with van der Waals surface area (Å²) < 4.78 is 4.89. The third-order valence-electron chi connectivity index (χ3n) is 3.92. The number of aliphatic hydroxyl groups excluding tert-OH is 1. The molecule has 32 heavy (non-hydrogen) atoms. The minimum atomic E-state index is -0.532. The summed E-state index contributed by atoms with van der Waals surface area (Å²) >= 11 is 0. The maximum absolute atomic E-state index is 11.6. The van der Waals surface area contributed by atoms with Crippen LogP contribution in [0.5, 0.6) is 0 Å². The van der Waals surface area contributed by atoms with Gasteiger partial charge in [0.15, 0.2) is 0 Å². The topological polar surface area (TPSA) is 116 Å². The second-order valence-electron chi connectivity index (χ2n) is 6.18. The number of guanidine groups is 1. The fourth-order valence-corrected chi connectivity index (χ4v) is 2.33. The zero-order chi connectivity index (χ0) is 24.7. The van der Waals surface area contributed by atoms with Gasteiger partial charge in [-0.15, -0.1) is 0 Å².